The van der Waals surface area contributed by atoms with E-state index in [1.807, 2.05) is 0 Å². The minimum atomic E-state index is -0.798. The van der Waals surface area contributed by atoms with Crippen LogP contribution in [0.1, 0.15) is 245 Å². The van der Waals surface area contributed by atoms with Crippen molar-refractivity contribution in [3.8, 4) is 0 Å². The number of ether oxygens (including phenoxy) is 1. The Hall–Kier alpha value is -1.92. The molecule has 1 amide bonds. The number of carbonyl (C=O) groups excluding carboxylic acids is 2. The molecule has 0 aromatic rings. The van der Waals surface area contributed by atoms with E-state index in [1.54, 1.807) is 0 Å². The van der Waals surface area contributed by atoms with Gasteiger partial charge in [0, 0.05) is 6.42 Å². The number of aliphatic hydroxyl groups excluding tert-OH is 2. The third kappa shape index (κ3) is 38.9. The summed E-state index contributed by atoms with van der Waals surface area (Å²) in [6.45, 7) is 6.44. The smallest absolute Gasteiger partial charge is 0.306 e. The van der Waals surface area contributed by atoms with Crippen molar-refractivity contribution in [2.75, 3.05) is 6.61 Å². The van der Waals surface area contributed by atoms with Crippen molar-refractivity contribution >= 4 is 11.9 Å². The molecule has 0 aliphatic carbocycles. The van der Waals surface area contributed by atoms with Gasteiger partial charge in [-0.3, -0.25) is 9.59 Å². The lowest BCUT2D eigenvalue weighted by Gasteiger charge is -2.24. The number of hydrogen-bond donors (Lipinski definition) is 3. The molecule has 0 aliphatic rings. The van der Waals surface area contributed by atoms with Crippen molar-refractivity contribution < 1.29 is 24.5 Å². The Kier molecular flexibility index (Phi) is 42.7. The molecule has 0 radical (unpaired) electrons. The van der Waals surface area contributed by atoms with E-state index in [0.717, 1.165) is 70.6 Å². The van der Waals surface area contributed by atoms with Gasteiger partial charge in [-0.1, -0.05) is 198 Å². The number of nitrogens with one attached hydrogen (secondary N) is 1. The van der Waals surface area contributed by atoms with Gasteiger partial charge in [-0.2, -0.15) is 0 Å². The Balaban J connectivity index is 4.69. The summed E-state index contributed by atoms with van der Waals surface area (Å²) in [5, 5.41) is 23.6. The maximum atomic E-state index is 13.1. The van der Waals surface area contributed by atoms with E-state index in [9.17, 15) is 19.8 Å². The molecule has 56 heavy (non-hydrogen) atoms. The van der Waals surface area contributed by atoms with Gasteiger partial charge in [0.2, 0.25) is 5.91 Å². The predicted molar refractivity (Wildman–Crippen MR) is 241 cm³/mol. The van der Waals surface area contributed by atoms with Crippen LogP contribution in [0.15, 0.2) is 36.5 Å². The third-order valence-corrected chi connectivity index (χ3v) is 11.0. The number of amides is 1. The van der Waals surface area contributed by atoms with E-state index in [-0.39, 0.29) is 24.9 Å². The van der Waals surface area contributed by atoms with Gasteiger partial charge < -0.3 is 20.3 Å². The monoisotopic (exact) mass is 788 g/mol. The highest BCUT2D eigenvalue weighted by Gasteiger charge is 2.24. The molecule has 0 spiro atoms. The van der Waals surface area contributed by atoms with Gasteiger partial charge in [0.25, 0.3) is 0 Å². The van der Waals surface area contributed by atoms with Gasteiger partial charge in [-0.05, 0) is 70.6 Å². The summed E-state index contributed by atoms with van der Waals surface area (Å²) in [6, 6.07) is -0.715. The zero-order valence-electron chi connectivity index (χ0n) is 37.3. The van der Waals surface area contributed by atoms with Crippen LogP contribution in [0.25, 0.3) is 0 Å². The zero-order chi connectivity index (χ0) is 41.0. The van der Waals surface area contributed by atoms with E-state index in [4.69, 9.17) is 4.74 Å². The molecule has 6 heteroatoms. The van der Waals surface area contributed by atoms with E-state index >= 15 is 0 Å². The lowest BCUT2D eigenvalue weighted by molar-refractivity contribution is -0.151. The van der Waals surface area contributed by atoms with Crippen LogP contribution in [-0.2, 0) is 14.3 Å². The molecule has 0 aliphatic heterocycles. The molecule has 3 N–H and O–H groups in total. The fourth-order valence-electron chi connectivity index (χ4n) is 7.24. The summed E-state index contributed by atoms with van der Waals surface area (Å²) in [4.78, 5) is 26.0. The van der Waals surface area contributed by atoms with Crippen molar-refractivity contribution in [1.82, 2.24) is 5.32 Å². The first-order chi connectivity index (χ1) is 27.5. The minimum Gasteiger partial charge on any atom is -0.462 e. The molecule has 3 atom stereocenters. The van der Waals surface area contributed by atoms with Crippen molar-refractivity contribution in [2.45, 2.75) is 264 Å². The van der Waals surface area contributed by atoms with Gasteiger partial charge in [0.1, 0.15) is 6.10 Å². The molecule has 0 heterocycles. The number of carbonyl (C=O) groups is 2. The van der Waals surface area contributed by atoms with E-state index in [2.05, 4.69) is 62.5 Å². The lowest BCUT2D eigenvalue weighted by atomic mass is 10.0. The SMILES string of the molecule is CCCCCCCC/C=C\CCCCCC(=O)OC(CCC/C=C/C=C/CCCCCCCCC)CC(=O)NC(CO)C(O)CCCCCCCCCCCC. The van der Waals surface area contributed by atoms with Gasteiger partial charge in [-0.15, -0.1) is 0 Å². The predicted octanol–water partition coefficient (Wildman–Crippen LogP) is 14.1. The maximum absolute atomic E-state index is 13.1. The molecule has 0 aromatic carbocycles. The van der Waals surface area contributed by atoms with Crippen molar-refractivity contribution in [1.29, 1.82) is 0 Å². The fraction of sp³-hybridized carbons (Fsp3) is 0.840. The van der Waals surface area contributed by atoms with Crippen molar-refractivity contribution in [3.63, 3.8) is 0 Å². The van der Waals surface area contributed by atoms with Crippen molar-refractivity contribution in [3.05, 3.63) is 36.5 Å². The molecule has 0 fully saturated rings. The molecule has 328 valence electrons. The summed E-state index contributed by atoms with van der Waals surface area (Å²) in [5.41, 5.74) is 0. The van der Waals surface area contributed by atoms with Crippen molar-refractivity contribution in [2.24, 2.45) is 0 Å². The first-order valence-corrected chi connectivity index (χ1v) is 24.2. The highest BCUT2D eigenvalue weighted by atomic mass is 16.5. The molecule has 0 saturated carbocycles. The van der Waals surface area contributed by atoms with Crippen LogP contribution in [0.4, 0.5) is 0 Å². The Morgan fingerprint density at radius 3 is 1.41 bits per heavy atom. The van der Waals surface area contributed by atoms with Crippen LogP contribution in [0, 0.1) is 0 Å². The van der Waals surface area contributed by atoms with Crippen LogP contribution in [-0.4, -0.2) is 46.9 Å². The third-order valence-electron chi connectivity index (χ3n) is 11.0. The fourth-order valence-corrected chi connectivity index (χ4v) is 7.24. The summed E-state index contributed by atoms with van der Waals surface area (Å²) in [7, 11) is 0. The summed E-state index contributed by atoms with van der Waals surface area (Å²) in [6.07, 6.45) is 50.6. The van der Waals surface area contributed by atoms with Crippen LogP contribution in [0.2, 0.25) is 0 Å². The summed E-state index contributed by atoms with van der Waals surface area (Å²) >= 11 is 0. The highest BCUT2D eigenvalue weighted by Crippen LogP contribution is 2.16. The highest BCUT2D eigenvalue weighted by molar-refractivity contribution is 5.77. The Morgan fingerprint density at radius 2 is 0.929 bits per heavy atom. The molecule has 3 unspecified atom stereocenters. The van der Waals surface area contributed by atoms with Crippen LogP contribution in [0.3, 0.4) is 0 Å². The minimum absolute atomic E-state index is 0.0404. The van der Waals surface area contributed by atoms with Gasteiger partial charge >= 0.3 is 5.97 Å². The molecular weight excluding hydrogens is 695 g/mol. The van der Waals surface area contributed by atoms with Crippen LogP contribution < -0.4 is 5.32 Å². The topological polar surface area (TPSA) is 95.9 Å². The Bertz CT molecular complexity index is 930. The Labute approximate surface area is 347 Å². The second kappa shape index (κ2) is 44.2. The summed E-state index contributed by atoms with van der Waals surface area (Å²) < 4.78 is 5.88. The van der Waals surface area contributed by atoms with Crippen LogP contribution in [0.5, 0.6) is 0 Å². The van der Waals surface area contributed by atoms with E-state index in [1.165, 1.54) is 128 Å². The first kappa shape index (κ1) is 54.1. The Morgan fingerprint density at radius 1 is 0.518 bits per heavy atom. The van der Waals surface area contributed by atoms with Gasteiger partial charge in [-0.25, -0.2) is 0 Å². The number of aliphatic hydroxyl groups is 2. The molecule has 0 bridgehead atoms. The van der Waals surface area contributed by atoms with Gasteiger partial charge in [0.15, 0.2) is 0 Å². The zero-order valence-corrected chi connectivity index (χ0v) is 37.3. The molecule has 6 nitrogen and oxygen atoms in total. The molecule has 0 saturated heterocycles. The largest absolute Gasteiger partial charge is 0.462 e. The number of allylic oxidation sites excluding steroid dienone is 6. The van der Waals surface area contributed by atoms with E-state index in [0.29, 0.717) is 19.3 Å². The molecular formula is C50H93NO5. The molecule has 0 aromatic heterocycles. The second-order valence-electron chi connectivity index (χ2n) is 16.5. The average molecular weight is 788 g/mol. The molecule has 0 rings (SSSR count). The number of esters is 1. The van der Waals surface area contributed by atoms with Gasteiger partial charge in [0.05, 0.1) is 25.2 Å². The average Bonchev–Trinajstić information content (AvgIpc) is 3.19. The van der Waals surface area contributed by atoms with E-state index < -0.39 is 18.2 Å². The number of unbranched alkanes of at least 4 members (excludes halogenated alkanes) is 26. The van der Waals surface area contributed by atoms with Crippen LogP contribution >= 0.6 is 0 Å². The normalized spacial score (nSPS) is 13.6. The standard InChI is InChI=1S/C50H93NO5/c1-4-7-10-13-16-19-22-24-26-27-29-32-35-38-41-46(56-50(55)43-40-37-34-31-28-25-23-20-17-14-11-8-5-2)44-49(54)51-47(45-52)48(53)42-39-36-33-30-21-18-15-12-9-6-3/h25-29,32,46-48,52-53H,4-24,30-31,33-45H2,1-3H3,(H,51,54)/b27-26+,28-25-,32-29+. The second-order valence-corrected chi connectivity index (χ2v) is 16.5. The number of hydrogen-bond acceptors (Lipinski definition) is 5. The maximum Gasteiger partial charge on any atom is 0.306 e. The summed E-state index contributed by atoms with van der Waals surface area (Å²) in [5.74, 6) is -0.537. The lowest BCUT2D eigenvalue weighted by Crippen LogP contribution is -2.46. The quantitative estimate of drug-likeness (QED) is 0.0247. The number of rotatable bonds is 43. The first-order valence-electron chi connectivity index (χ1n) is 24.2.